The average Bonchev–Trinajstić information content (AvgIpc) is 2.61. The Morgan fingerprint density at radius 1 is 1.50 bits per heavy atom. The molecule has 0 aliphatic heterocycles. The minimum Gasteiger partial charge on any atom is -0.328 e. The van der Waals surface area contributed by atoms with E-state index in [0.717, 1.165) is 27.8 Å². The van der Waals surface area contributed by atoms with E-state index in [4.69, 9.17) is 17.3 Å². The molecule has 0 fully saturated rings. The van der Waals surface area contributed by atoms with E-state index < -0.39 is 0 Å². The van der Waals surface area contributed by atoms with Crippen molar-refractivity contribution in [2.75, 3.05) is 0 Å². The summed E-state index contributed by atoms with van der Waals surface area (Å²) in [5, 5.41) is 5.08. The summed E-state index contributed by atoms with van der Waals surface area (Å²) in [6, 6.07) is 6.21. The zero-order valence-corrected chi connectivity index (χ0v) is 12.7. The van der Waals surface area contributed by atoms with E-state index in [9.17, 15) is 0 Å². The minimum absolute atomic E-state index is 0.108. The molecule has 0 spiro atoms. The highest BCUT2D eigenvalue weighted by Crippen LogP contribution is 2.23. The Balaban J connectivity index is 2.50. The van der Waals surface area contributed by atoms with Crippen molar-refractivity contribution in [2.24, 2.45) is 5.73 Å². The van der Waals surface area contributed by atoms with Crippen LogP contribution < -0.4 is 5.73 Å². The fraction of sp³-hybridized carbons (Fsp3) is 0.308. The standard InChI is InChI=1S/C13H15BrClN3/c1-8(16)5-10-3-4-11(14)6-13(10)18-7-12(15)9(2)17-18/h3-4,6-8H,5,16H2,1-2H3. The molecule has 0 aliphatic carbocycles. The molecule has 0 saturated carbocycles. The van der Waals surface area contributed by atoms with Crippen molar-refractivity contribution in [2.45, 2.75) is 26.3 Å². The lowest BCUT2D eigenvalue weighted by atomic mass is 10.1. The van der Waals surface area contributed by atoms with Crippen LogP contribution in [0.4, 0.5) is 0 Å². The number of aryl methyl sites for hydroxylation is 1. The molecule has 2 N–H and O–H groups in total. The highest BCUT2D eigenvalue weighted by atomic mass is 79.9. The highest BCUT2D eigenvalue weighted by Gasteiger charge is 2.10. The number of rotatable bonds is 3. The van der Waals surface area contributed by atoms with E-state index in [1.165, 1.54) is 0 Å². The maximum atomic E-state index is 6.06. The second-order valence-electron chi connectivity index (χ2n) is 4.46. The smallest absolute Gasteiger partial charge is 0.0819 e. The maximum absolute atomic E-state index is 6.06. The second-order valence-corrected chi connectivity index (χ2v) is 5.78. The summed E-state index contributed by atoms with van der Waals surface area (Å²) in [4.78, 5) is 0. The number of benzene rings is 1. The zero-order chi connectivity index (χ0) is 13.3. The molecule has 1 unspecified atom stereocenters. The van der Waals surface area contributed by atoms with Crippen LogP contribution in [0.1, 0.15) is 18.2 Å². The Morgan fingerprint density at radius 3 is 2.78 bits per heavy atom. The van der Waals surface area contributed by atoms with Gasteiger partial charge in [-0.05, 0) is 38.0 Å². The van der Waals surface area contributed by atoms with Gasteiger partial charge >= 0.3 is 0 Å². The Morgan fingerprint density at radius 2 is 2.22 bits per heavy atom. The van der Waals surface area contributed by atoms with E-state index in [1.54, 1.807) is 4.68 Å². The Kier molecular flexibility index (Phi) is 4.10. The van der Waals surface area contributed by atoms with Crippen LogP contribution in [-0.2, 0) is 6.42 Å². The zero-order valence-electron chi connectivity index (χ0n) is 10.3. The Hall–Kier alpha value is -0.840. The van der Waals surface area contributed by atoms with Crippen molar-refractivity contribution in [1.29, 1.82) is 0 Å². The van der Waals surface area contributed by atoms with E-state index in [-0.39, 0.29) is 6.04 Å². The van der Waals surface area contributed by atoms with Crippen LogP contribution >= 0.6 is 27.5 Å². The summed E-state index contributed by atoms with van der Waals surface area (Å²) in [5.74, 6) is 0. The minimum atomic E-state index is 0.108. The van der Waals surface area contributed by atoms with Gasteiger partial charge in [0.1, 0.15) is 0 Å². The van der Waals surface area contributed by atoms with Crippen molar-refractivity contribution < 1.29 is 0 Å². The molecule has 0 amide bonds. The quantitative estimate of drug-likeness (QED) is 0.937. The van der Waals surface area contributed by atoms with Gasteiger partial charge in [-0.1, -0.05) is 33.6 Å². The lowest BCUT2D eigenvalue weighted by Gasteiger charge is -2.12. The summed E-state index contributed by atoms with van der Waals surface area (Å²) in [6.07, 6.45) is 2.63. The summed E-state index contributed by atoms with van der Waals surface area (Å²) in [5.41, 5.74) is 8.87. The molecule has 96 valence electrons. The van der Waals surface area contributed by atoms with Gasteiger partial charge in [0.2, 0.25) is 0 Å². The summed E-state index contributed by atoms with van der Waals surface area (Å²) in [6.45, 7) is 3.88. The van der Waals surface area contributed by atoms with Crippen molar-refractivity contribution >= 4 is 27.5 Å². The third-order valence-electron chi connectivity index (χ3n) is 2.68. The van der Waals surface area contributed by atoms with Crippen LogP contribution in [0, 0.1) is 6.92 Å². The first-order chi connectivity index (χ1) is 8.47. The second kappa shape index (κ2) is 5.43. The van der Waals surface area contributed by atoms with Gasteiger partial charge < -0.3 is 5.73 Å². The number of nitrogens with two attached hydrogens (primary N) is 1. The summed E-state index contributed by atoms with van der Waals surface area (Å²) >= 11 is 9.54. The first-order valence-electron chi connectivity index (χ1n) is 5.73. The molecular weight excluding hydrogens is 314 g/mol. The molecule has 2 rings (SSSR count). The maximum Gasteiger partial charge on any atom is 0.0819 e. The van der Waals surface area contributed by atoms with Gasteiger partial charge in [0.05, 0.1) is 16.4 Å². The fourth-order valence-corrected chi connectivity index (χ4v) is 2.31. The predicted octanol–water partition coefficient (Wildman–Crippen LogP) is 3.49. The molecule has 0 radical (unpaired) electrons. The number of hydrogen-bond acceptors (Lipinski definition) is 2. The molecule has 2 aromatic rings. The van der Waals surface area contributed by atoms with Crippen molar-refractivity contribution in [3.63, 3.8) is 0 Å². The van der Waals surface area contributed by atoms with E-state index >= 15 is 0 Å². The molecule has 0 saturated heterocycles. The van der Waals surface area contributed by atoms with Crippen LogP contribution in [0.5, 0.6) is 0 Å². The largest absolute Gasteiger partial charge is 0.328 e. The Bertz CT molecular complexity index is 544. The van der Waals surface area contributed by atoms with Crippen molar-refractivity contribution in [3.05, 3.63) is 45.1 Å². The number of nitrogens with zero attached hydrogens (tertiary/aromatic N) is 2. The van der Waals surface area contributed by atoms with Crippen LogP contribution in [0.25, 0.3) is 5.69 Å². The highest BCUT2D eigenvalue weighted by molar-refractivity contribution is 9.10. The molecule has 3 nitrogen and oxygen atoms in total. The summed E-state index contributed by atoms with van der Waals surface area (Å²) < 4.78 is 2.82. The number of aromatic nitrogens is 2. The number of halogens is 2. The predicted molar refractivity (Wildman–Crippen MR) is 78.4 cm³/mol. The number of hydrogen-bond donors (Lipinski definition) is 1. The first kappa shape index (κ1) is 13.6. The topological polar surface area (TPSA) is 43.8 Å². The SMILES string of the molecule is Cc1nn(-c2cc(Br)ccc2CC(C)N)cc1Cl. The molecule has 18 heavy (non-hydrogen) atoms. The van der Waals surface area contributed by atoms with Gasteiger partial charge in [0, 0.05) is 16.7 Å². The van der Waals surface area contributed by atoms with Crippen LogP contribution in [-0.4, -0.2) is 15.8 Å². The lowest BCUT2D eigenvalue weighted by Crippen LogP contribution is -2.19. The van der Waals surface area contributed by atoms with Crippen LogP contribution in [0.2, 0.25) is 5.02 Å². The van der Waals surface area contributed by atoms with E-state index in [1.807, 2.05) is 32.2 Å². The normalized spacial score (nSPS) is 12.7. The van der Waals surface area contributed by atoms with Gasteiger partial charge in [0.25, 0.3) is 0 Å². The average molecular weight is 329 g/mol. The molecule has 1 aromatic carbocycles. The van der Waals surface area contributed by atoms with Crippen molar-refractivity contribution in [3.8, 4) is 5.69 Å². The van der Waals surface area contributed by atoms with Gasteiger partial charge in [-0.25, -0.2) is 4.68 Å². The fourth-order valence-electron chi connectivity index (χ4n) is 1.83. The van der Waals surface area contributed by atoms with Gasteiger partial charge in [0.15, 0.2) is 0 Å². The lowest BCUT2D eigenvalue weighted by molar-refractivity contribution is 0.726. The van der Waals surface area contributed by atoms with Gasteiger partial charge in [-0.15, -0.1) is 0 Å². The van der Waals surface area contributed by atoms with Crippen molar-refractivity contribution in [1.82, 2.24) is 9.78 Å². The van der Waals surface area contributed by atoms with E-state index in [2.05, 4.69) is 27.1 Å². The van der Waals surface area contributed by atoms with Crippen LogP contribution in [0.3, 0.4) is 0 Å². The van der Waals surface area contributed by atoms with Crippen LogP contribution in [0.15, 0.2) is 28.9 Å². The van der Waals surface area contributed by atoms with Gasteiger partial charge in [-0.2, -0.15) is 5.10 Å². The molecule has 0 aliphatic rings. The van der Waals surface area contributed by atoms with Gasteiger partial charge in [-0.3, -0.25) is 0 Å². The first-order valence-corrected chi connectivity index (χ1v) is 6.90. The molecule has 0 bridgehead atoms. The van der Waals surface area contributed by atoms with E-state index in [0.29, 0.717) is 5.02 Å². The Labute approximate surface area is 120 Å². The molecule has 1 atom stereocenters. The molecule has 1 heterocycles. The third kappa shape index (κ3) is 2.94. The third-order valence-corrected chi connectivity index (χ3v) is 3.54. The monoisotopic (exact) mass is 327 g/mol. The molecule has 1 aromatic heterocycles. The molecular formula is C13H15BrClN3. The molecule has 5 heteroatoms. The summed E-state index contributed by atoms with van der Waals surface area (Å²) in [7, 11) is 0.